The van der Waals surface area contributed by atoms with E-state index in [-0.39, 0.29) is 47.4 Å². The molecule has 6 N–H and O–H groups in total. The van der Waals surface area contributed by atoms with E-state index < -0.39 is 41.6 Å². The molecule has 2 amide bonds. The minimum Gasteiger partial charge on any atom is -0.490 e. The number of carbonyl (C=O) groups is 3. The van der Waals surface area contributed by atoms with Crippen LogP contribution < -0.4 is 40.8 Å². The lowest BCUT2D eigenvalue weighted by molar-refractivity contribution is -0.189. The molecule has 268 valence electrons. The molecule has 4 aromatic rings. The third-order valence-electron chi connectivity index (χ3n) is 6.91. The van der Waals surface area contributed by atoms with E-state index >= 15 is 0 Å². The van der Waals surface area contributed by atoms with Crippen LogP contribution in [0.2, 0.25) is 0 Å². The molecule has 0 aliphatic rings. The van der Waals surface area contributed by atoms with Crippen LogP contribution in [0.3, 0.4) is 0 Å². The van der Waals surface area contributed by atoms with E-state index in [0.29, 0.717) is 11.5 Å². The summed E-state index contributed by atoms with van der Waals surface area (Å²) in [6.45, 7) is 5.84. The Hall–Kier alpha value is -6.25. The summed E-state index contributed by atoms with van der Waals surface area (Å²) in [6, 6.07) is 22.5. The third-order valence-corrected chi connectivity index (χ3v) is 6.91. The maximum absolute atomic E-state index is 13.8. The summed E-state index contributed by atoms with van der Waals surface area (Å²) >= 11 is 0. The number of carbonyl (C=O) groups excluding carboxylic acids is 3. The van der Waals surface area contributed by atoms with Crippen molar-refractivity contribution < 1.29 is 46.5 Å². The fourth-order valence-electron chi connectivity index (χ4n) is 4.64. The van der Waals surface area contributed by atoms with Crippen molar-refractivity contribution in [3.05, 3.63) is 113 Å². The molecule has 1 atom stereocenters. The molecule has 15 heteroatoms. The number of nitrogens with one attached hydrogen (secondary N) is 4. The molecule has 0 bridgehead atoms. The van der Waals surface area contributed by atoms with E-state index in [9.17, 15) is 27.6 Å². The number of amidine groups is 1. The Balaban J connectivity index is 1.64. The molecule has 0 fully saturated rings. The molecule has 1 unspecified atom stereocenters. The number of para-hydroxylation sites is 1. The number of halogens is 3. The number of hydrazine groups is 1. The van der Waals surface area contributed by atoms with Gasteiger partial charge in [0.15, 0.2) is 11.5 Å². The van der Waals surface area contributed by atoms with Gasteiger partial charge in [-0.05, 0) is 68.3 Å². The summed E-state index contributed by atoms with van der Waals surface area (Å²) in [5, 5.41) is 10.6. The van der Waals surface area contributed by atoms with E-state index in [2.05, 4.69) is 20.9 Å². The number of rotatable bonds is 14. The number of amides is 2. The molecule has 0 heterocycles. The third kappa shape index (κ3) is 10.4. The Morgan fingerprint density at radius 3 is 2.18 bits per heavy atom. The van der Waals surface area contributed by atoms with Crippen LogP contribution in [0, 0.1) is 5.41 Å². The lowest BCUT2D eigenvalue weighted by Gasteiger charge is -2.23. The largest absolute Gasteiger partial charge is 0.491 e. The minimum atomic E-state index is -5.33. The molecule has 4 aromatic carbocycles. The Labute approximate surface area is 291 Å². The first-order valence-electron chi connectivity index (χ1n) is 15.6. The lowest BCUT2D eigenvalue weighted by atomic mass is 10.0. The highest BCUT2D eigenvalue weighted by Crippen LogP contribution is 2.34. The van der Waals surface area contributed by atoms with Crippen molar-refractivity contribution in [3.8, 4) is 23.0 Å². The molecule has 0 radical (unpaired) electrons. The van der Waals surface area contributed by atoms with Crippen molar-refractivity contribution in [2.45, 2.75) is 45.7 Å². The molecule has 4 rings (SSSR count). The minimum absolute atomic E-state index is 0.00317. The fraction of sp³-hybridized carbons (Fsp3) is 0.222. The molecule has 51 heavy (non-hydrogen) atoms. The van der Waals surface area contributed by atoms with Gasteiger partial charge in [0.1, 0.15) is 30.0 Å². The molecule has 0 aliphatic heterocycles. The van der Waals surface area contributed by atoms with Gasteiger partial charge in [0.05, 0.1) is 23.8 Å². The smallest absolute Gasteiger partial charge is 0.490 e. The standard InChI is InChI=1S/C36H36F3N5O7/c1-4-48-30-18-23(14-17-28(30)50-21(2)3)31(42-24-15-16-25(32(40)41)29(19-24)51-35(47)36(37,38)39)34(46)44-43-33(45)26-12-8-9-13-27(26)49-20-22-10-6-5-7-11-22/h5-19,21,31,42H,4,20H2,1-3H3,(H3,40,41)(H,43,45)(H,44,46). The second-order valence-electron chi connectivity index (χ2n) is 11.1. The van der Waals surface area contributed by atoms with Crippen LogP contribution >= 0.6 is 0 Å². The van der Waals surface area contributed by atoms with Crippen LogP contribution in [0.25, 0.3) is 0 Å². The second-order valence-corrected chi connectivity index (χ2v) is 11.1. The number of esters is 1. The average molecular weight is 708 g/mol. The zero-order chi connectivity index (χ0) is 37.1. The predicted molar refractivity (Wildman–Crippen MR) is 182 cm³/mol. The van der Waals surface area contributed by atoms with Gasteiger partial charge in [-0.3, -0.25) is 25.8 Å². The molecule has 0 aromatic heterocycles. The number of benzene rings is 4. The zero-order valence-electron chi connectivity index (χ0n) is 27.8. The Bertz CT molecular complexity index is 1870. The maximum atomic E-state index is 13.8. The van der Waals surface area contributed by atoms with Gasteiger partial charge in [-0.1, -0.05) is 48.5 Å². The van der Waals surface area contributed by atoms with Crippen molar-refractivity contribution in [3.63, 3.8) is 0 Å². The molecular weight excluding hydrogens is 671 g/mol. The normalized spacial score (nSPS) is 11.6. The summed E-state index contributed by atoms with van der Waals surface area (Å²) in [6.07, 6.45) is -5.54. The molecule has 0 saturated heterocycles. The molecule has 0 aliphatic carbocycles. The van der Waals surface area contributed by atoms with E-state index in [1.54, 1.807) is 37.3 Å². The number of hydrogen-bond donors (Lipinski definition) is 5. The summed E-state index contributed by atoms with van der Waals surface area (Å²) in [5.74, 6) is -4.44. The number of alkyl halides is 3. The Morgan fingerprint density at radius 1 is 0.804 bits per heavy atom. The van der Waals surface area contributed by atoms with Gasteiger partial charge in [0.25, 0.3) is 11.8 Å². The topological polar surface area (TPSA) is 174 Å². The van der Waals surface area contributed by atoms with Gasteiger partial charge in [0.2, 0.25) is 0 Å². The summed E-state index contributed by atoms with van der Waals surface area (Å²) in [4.78, 5) is 38.7. The molecule has 12 nitrogen and oxygen atoms in total. The van der Waals surface area contributed by atoms with Gasteiger partial charge in [-0.25, -0.2) is 4.79 Å². The first-order valence-corrected chi connectivity index (χ1v) is 15.6. The SMILES string of the molecule is CCOc1cc(C(Nc2ccc(C(=N)N)c(OC(=O)C(F)(F)F)c2)C(=O)NNC(=O)c2ccccc2OCc2ccccc2)ccc1OC(C)C. The average Bonchev–Trinajstić information content (AvgIpc) is 3.09. The van der Waals surface area contributed by atoms with Crippen molar-refractivity contribution in [2.75, 3.05) is 11.9 Å². The Morgan fingerprint density at radius 2 is 1.51 bits per heavy atom. The van der Waals surface area contributed by atoms with Crippen molar-refractivity contribution in [2.24, 2.45) is 5.73 Å². The molecule has 0 spiro atoms. The highest BCUT2D eigenvalue weighted by molar-refractivity contribution is 6.00. The van der Waals surface area contributed by atoms with Crippen LogP contribution in [0.1, 0.15) is 53.9 Å². The number of ether oxygens (including phenoxy) is 4. The first-order chi connectivity index (χ1) is 24.3. The van der Waals surface area contributed by atoms with Crippen LogP contribution in [-0.2, 0) is 16.2 Å². The second kappa shape index (κ2) is 16.9. The van der Waals surface area contributed by atoms with Crippen LogP contribution in [0.4, 0.5) is 18.9 Å². The van der Waals surface area contributed by atoms with Crippen molar-refractivity contribution in [1.29, 1.82) is 5.41 Å². The number of anilines is 1. The fourth-order valence-corrected chi connectivity index (χ4v) is 4.64. The van der Waals surface area contributed by atoms with E-state index in [1.807, 2.05) is 44.2 Å². The van der Waals surface area contributed by atoms with Crippen molar-refractivity contribution in [1.82, 2.24) is 10.9 Å². The lowest BCUT2D eigenvalue weighted by Crippen LogP contribution is -2.45. The van der Waals surface area contributed by atoms with Gasteiger partial charge in [-0.15, -0.1) is 0 Å². The monoisotopic (exact) mass is 707 g/mol. The number of nitrogens with two attached hydrogens (primary N) is 1. The summed E-state index contributed by atoms with van der Waals surface area (Å²) < 4.78 is 61.1. The summed E-state index contributed by atoms with van der Waals surface area (Å²) in [7, 11) is 0. The van der Waals surface area contributed by atoms with Gasteiger partial charge >= 0.3 is 12.1 Å². The van der Waals surface area contributed by atoms with Crippen LogP contribution in [0.5, 0.6) is 23.0 Å². The van der Waals surface area contributed by atoms with Crippen molar-refractivity contribution >= 4 is 29.3 Å². The summed E-state index contributed by atoms with van der Waals surface area (Å²) in [5.41, 5.74) is 11.3. The van der Waals surface area contributed by atoms with E-state index in [1.165, 1.54) is 18.2 Å². The number of nitrogen functional groups attached to an aromatic ring is 1. The van der Waals surface area contributed by atoms with E-state index in [4.69, 9.17) is 25.4 Å². The number of hydrogen-bond acceptors (Lipinski definition) is 9. The first kappa shape index (κ1) is 37.6. The maximum Gasteiger partial charge on any atom is 0.491 e. The quantitative estimate of drug-likeness (QED) is 0.0356. The molecule has 0 saturated carbocycles. The highest BCUT2D eigenvalue weighted by Gasteiger charge is 2.42. The predicted octanol–water partition coefficient (Wildman–Crippen LogP) is 5.82. The Kier molecular flexibility index (Phi) is 12.5. The van der Waals surface area contributed by atoms with Crippen LogP contribution in [-0.4, -0.2) is 42.5 Å². The highest BCUT2D eigenvalue weighted by atomic mass is 19.4. The van der Waals surface area contributed by atoms with Crippen LogP contribution in [0.15, 0.2) is 91.0 Å². The van der Waals surface area contributed by atoms with Gasteiger partial charge in [-0.2, -0.15) is 13.2 Å². The van der Waals surface area contributed by atoms with Gasteiger partial charge in [0, 0.05) is 11.8 Å². The zero-order valence-corrected chi connectivity index (χ0v) is 27.8. The van der Waals surface area contributed by atoms with Gasteiger partial charge < -0.3 is 30.0 Å². The molecular formula is C36H36F3N5O7. The van der Waals surface area contributed by atoms with E-state index in [0.717, 1.165) is 17.7 Å².